The van der Waals surface area contributed by atoms with E-state index in [-0.39, 0.29) is 11.5 Å². The highest BCUT2D eigenvalue weighted by Gasteiger charge is 2.13. The van der Waals surface area contributed by atoms with Crippen LogP contribution in [0.3, 0.4) is 0 Å². The van der Waals surface area contributed by atoms with E-state index in [4.69, 9.17) is 21.1 Å². The number of ether oxygens (including phenoxy) is 2. The molecule has 0 bridgehead atoms. The maximum Gasteiger partial charge on any atom is 0.313 e. The van der Waals surface area contributed by atoms with Gasteiger partial charge in [0.25, 0.3) is 0 Å². The Morgan fingerprint density at radius 1 is 1.39 bits per heavy atom. The van der Waals surface area contributed by atoms with E-state index in [1.807, 2.05) is 0 Å². The van der Waals surface area contributed by atoms with E-state index in [1.165, 1.54) is 38.8 Å². The third kappa shape index (κ3) is 3.86. The molecule has 0 amide bonds. The van der Waals surface area contributed by atoms with E-state index >= 15 is 0 Å². The molecular weight excluding hydrogens is 324 g/mol. The molecule has 0 saturated heterocycles. The maximum atomic E-state index is 10.9. The van der Waals surface area contributed by atoms with Gasteiger partial charge in [-0.1, -0.05) is 11.6 Å². The van der Waals surface area contributed by atoms with Gasteiger partial charge in [0.2, 0.25) is 5.82 Å². The van der Waals surface area contributed by atoms with Crippen molar-refractivity contribution >= 4 is 29.3 Å². The van der Waals surface area contributed by atoms with Crippen molar-refractivity contribution in [2.75, 3.05) is 19.6 Å². The molecule has 0 spiro atoms. The average Bonchev–Trinajstić information content (AvgIpc) is 2.54. The summed E-state index contributed by atoms with van der Waals surface area (Å²) in [5.74, 6) is 0.908. The zero-order valence-electron chi connectivity index (χ0n) is 12.3. The van der Waals surface area contributed by atoms with Gasteiger partial charge in [0.15, 0.2) is 11.5 Å². The number of hydrazone groups is 1. The quantitative estimate of drug-likeness (QED) is 0.494. The minimum Gasteiger partial charge on any atom is -0.493 e. The van der Waals surface area contributed by atoms with Crippen molar-refractivity contribution in [1.29, 1.82) is 0 Å². The Morgan fingerprint density at radius 3 is 2.83 bits per heavy atom. The summed E-state index contributed by atoms with van der Waals surface area (Å²) in [6, 6.07) is 6.10. The maximum absolute atomic E-state index is 10.9. The van der Waals surface area contributed by atoms with Gasteiger partial charge in [-0.25, -0.2) is 4.98 Å². The molecule has 2 rings (SSSR count). The average molecular weight is 337 g/mol. The van der Waals surface area contributed by atoms with Crippen LogP contribution in [0.4, 0.5) is 11.5 Å². The van der Waals surface area contributed by atoms with Crippen molar-refractivity contribution < 1.29 is 14.4 Å². The number of hydrogen-bond acceptors (Lipinski definition) is 7. The van der Waals surface area contributed by atoms with Gasteiger partial charge in [-0.15, -0.1) is 0 Å². The number of hydrogen-bond donors (Lipinski definition) is 1. The number of benzene rings is 1. The fourth-order valence-corrected chi connectivity index (χ4v) is 2.11. The second-order valence-electron chi connectivity index (χ2n) is 4.24. The van der Waals surface area contributed by atoms with Crippen LogP contribution in [0.15, 0.2) is 35.6 Å². The van der Waals surface area contributed by atoms with Gasteiger partial charge in [-0.2, -0.15) is 5.10 Å². The normalized spacial score (nSPS) is 10.6. The first-order valence-corrected chi connectivity index (χ1v) is 6.74. The van der Waals surface area contributed by atoms with Gasteiger partial charge < -0.3 is 9.47 Å². The zero-order chi connectivity index (χ0) is 16.8. The summed E-state index contributed by atoms with van der Waals surface area (Å²) in [5.41, 5.74) is 2.98. The molecule has 2 aromatic rings. The van der Waals surface area contributed by atoms with Crippen molar-refractivity contribution in [1.82, 2.24) is 4.98 Å². The fourth-order valence-electron chi connectivity index (χ4n) is 1.81. The van der Waals surface area contributed by atoms with Gasteiger partial charge in [-0.05, 0) is 23.8 Å². The molecule has 0 radical (unpaired) electrons. The lowest BCUT2D eigenvalue weighted by atomic mass is 10.2. The summed E-state index contributed by atoms with van der Waals surface area (Å²) < 4.78 is 10.3. The Hall–Kier alpha value is -2.87. The van der Waals surface area contributed by atoms with E-state index < -0.39 is 4.92 Å². The number of halogens is 1. The van der Waals surface area contributed by atoms with Gasteiger partial charge in [-0.3, -0.25) is 15.5 Å². The van der Waals surface area contributed by atoms with Crippen LogP contribution in [-0.2, 0) is 0 Å². The third-order valence-corrected chi connectivity index (χ3v) is 3.10. The highest BCUT2D eigenvalue weighted by atomic mass is 35.5. The molecule has 23 heavy (non-hydrogen) atoms. The van der Waals surface area contributed by atoms with E-state index in [9.17, 15) is 10.1 Å². The van der Waals surface area contributed by atoms with E-state index in [2.05, 4.69) is 15.5 Å². The first-order valence-electron chi connectivity index (χ1n) is 6.36. The van der Waals surface area contributed by atoms with Crippen LogP contribution in [0.25, 0.3) is 0 Å². The topological polar surface area (TPSA) is 98.9 Å². The lowest BCUT2D eigenvalue weighted by Crippen LogP contribution is -1.99. The predicted octanol–water partition coefficient (Wildman–Crippen LogP) is 3.11. The van der Waals surface area contributed by atoms with Gasteiger partial charge in [0.05, 0.1) is 30.4 Å². The molecule has 0 atom stereocenters. The minimum absolute atomic E-state index is 0.0420. The molecule has 0 saturated carbocycles. The molecule has 120 valence electrons. The van der Waals surface area contributed by atoms with Crippen molar-refractivity contribution in [2.45, 2.75) is 0 Å². The van der Waals surface area contributed by atoms with Gasteiger partial charge >= 0.3 is 5.69 Å². The molecule has 1 aromatic heterocycles. The summed E-state index contributed by atoms with van der Waals surface area (Å²) in [7, 11) is 2.98. The largest absolute Gasteiger partial charge is 0.493 e. The second kappa shape index (κ2) is 7.41. The molecule has 1 heterocycles. The summed E-state index contributed by atoms with van der Waals surface area (Å²) in [5, 5.41) is 15.2. The molecule has 0 fully saturated rings. The molecule has 0 aliphatic carbocycles. The van der Waals surface area contributed by atoms with Crippen LogP contribution >= 0.6 is 11.6 Å². The van der Waals surface area contributed by atoms with Gasteiger partial charge in [0, 0.05) is 12.3 Å². The summed E-state index contributed by atoms with van der Waals surface area (Å²) >= 11 is 6.09. The van der Waals surface area contributed by atoms with Gasteiger partial charge in [0.1, 0.15) is 0 Å². The Balaban J connectivity index is 2.22. The highest BCUT2D eigenvalue weighted by molar-refractivity contribution is 6.32. The summed E-state index contributed by atoms with van der Waals surface area (Å²) in [6.07, 6.45) is 2.87. The molecule has 0 unspecified atom stereocenters. The molecule has 0 aliphatic heterocycles. The number of rotatable bonds is 6. The Labute approximate surface area is 136 Å². The number of anilines is 1. The number of nitrogens with one attached hydrogen (secondary N) is 1. The number of pyridine rings is 1. The Bertz CT molecular complexity index is 752. The SMILES string of the molecule is COc1cc(/C=N\Nc2ncccc2[N+](=O)[O-])cc(Cl)c1OC. The standard InChI is InChI=1S/C14H13ClN4O4/c1-22-12-7-9(6-10(15)13(12)23-2)8-17-18-14-11(19(20)21)4-3-5-16-14/h3-8H,1-2H3,(H,16,18)/b17-8-. The van der Waals surface area contributed by atoms with Crippen LogP contribution in [0, 0.1) is 10.1 Å². The third-order valence-electron chi connectivity index (χ3n) is 2.82. The van der Waals surface area contributed by atoms with Crippen molar-refractivity contribution in [3.8, 4) is 11.5 Å². The number of nitro groups is 1. The molecule has 0 aliphatic rings. The molecule has 1 aromatic carbocycles. The van der Waals surface area contributed by atoms with Crippen molar-refractivity contribution in [3.05, 3.63) is 51.2 Å². The first kappa shape index (κ1) is 16.5. The first-order chi connectivity index (χ1) is 11.1. The fraction of sp³-hybridized carbons (Fsp3) is 0.143. The molecule has 9 heteroatoms. The second-order valence-corrected chi connectivity index (χ2v) is 4.64. The van der Waals surface area contributed by atoms with Crippen LogP contribution in [-0.4, -0.2) is 30.3 Å². The molecule has 1 N–H and O–H groups in total. The van der Waals surface area contributed by atoms with E-state index in [0.29, 0.717) is 22.1 Å². The number of methoxy groups -OCH3 is 2. The lowest BCUT2D eigenvalue weighted by molar-refractivity contribution is -0.384. The lowest BCUT2D eigenvalue weighted by Gasteiger charge is -2.09. The minimum atomic E-state index is -0.544. The molecule has 8 nitrogen and oxygen atoms in total. The Morgan fingerprint density at radius 2 is 2.17 bits per heavy atom. The number of nitrogens with zero attached hydrogens (tertiary/aromatic N) is 3. The highest BCUT2D eigenvalue weighted by Crippen LogP contribution is 2.35. The van der Waals surface area contributed by atoms with E-state index in [0.717, 1.165) is 0 Å². The molecular formula is C14H13ClN4O4. The van der Waals surface area contributed by atoms with Crippen molar-refractivity contribution in [3.63, 3.8) is 0 Å². The van der Waals surface area contributed by atoms with Crippen LogP contribution < -0.4 is 14.9 Å². The zero-order valence-corrected chi connectivity index (χ0v) is 13.1. The smallest absolute Gasteiger partial charge is 0.313 e. The Kier molecular flexibility index (Phi) is 5.32. The van der Waals surface area contributed by atoms with E-state index in [1.54, 1.807) is 12.1 Å². The number of aromatic nitrogens is 1. The predicted molar refractivity (Wildman–Crippen MR) is 86.7 cm³/mol. The summed E-state index contributed by atoms with van der Waals surface area (Å²) in [4.78, 5) is 14.2. The van der Waals surface area contributed by atoms with Crippen LogP contribution in [0.2, 0.25) is 5.02 Å². The van der Waals surface area contributed by atoms with Crippen LogP contribution in [0.1, 0.15) is 5.56 Å². The van der Waals surface area contributed by atoms with Crippen molar-refractivity contribution in [2.24, 2.45) is 5.10 Å². The summed E-state index contributed by atoms with van der Waals surface area (Å²) in [6.45, 7) is 0. The van der Waals surface area contributed by atoms with Crippen LogP contribution in [0.5, 0.6) is 11.5 Å². The monoisotopic (exact) mass is 336 g/mol.